The predicted octanol–water partition coefficient (Wildman–Crippen LogP) is 1.58. The van der Waals surface area contributed by atoms with Crippen LogP contribution in [0.5, 0.6) is 0 Å². The molecule has 1 fully saturated rings. The van der Waals surface area contributed by atoms with Crippen LogP contribution >= 0.6 is 0 Å². The molecule has 0 aromatic carbocycles. The van der Waals surface area contributed by atoms with E-state index in [4.69, 9.17) is 0 Å². The summed E-state index contributed by atoms with van der Waals surface area (Å²) in [5.41, 5.74) is 1.24. The van der Waals surface area contributed by atoms with Gasteiger partial charge in [-0.2, -0.15) is 5.10 Å². The summed E-state index contributed by atoms with van der Waals surface area (Å²) in [6.07, 6.45) is 6.76. The van der Waals surface area contributed by atoms with Crippen LogP contribution in [0.1, 0.15) is 25.3 Å². The number of hydrogen-bond acceptors (Lipinski definition) is 2. The van der Waals surface area contributed by atoms with Crippen LogP contribution in [0.3, 0.4) is 0 Å². The minimum absolute atomic E-state index is 0.662. The fourth-order valence-electron chi connectivity index (χ4n) is 1.61. The standard InChI is InChI=1S/C11H19N3/c1-9(5-12-11-3-4-11)7-14-8-10(2)6-13-14/h6,8-9,11-12H,3-5,7H2,1-2H3. The van der Waals surface area contributed by atoms with Gasteiger partial charge in [-0.1, -0.05) is 6.92 Å². The molecule has 2 rings (SSSR count). The van der Waals surface area contributed by atoms with E-state index >= 15 is 0 Å². The number of hydrogen-bond donors (Lipinski definition) is 1. The smallest absolute Gasteiger partial charge is 0.0518 e. The monoisotopic (exact) mass is 193 g/mol. The third-order valence-electron chi connectivity index (χ3n) is 2.59. The molecule has 3 heteroatoms. The van der Waals surface area contributed by atoms with Gasteiger partial charge in [-0.25, -0.2) is 0 Å². The maximum absolute atomic E-state index is 4.29. The van der Waals surface area contributed by atoms with E-state index in [1.807, 2.05) is 10.9 Å². The molecule has 0 spiro atoms. The molecule has 1 heterocycles. The third-order valence-corrected chi connectivity index (χ3v) is 2.59. The van der Waals surface area contributed by atoms with Crippen LogP contribution in [0, 0.1) is 12.8 Å². The molecule has 0 radical (unpaired) electrons. The fraction of sp³-hybridized carbons (Fsp3) is 0.727. The maximum atomic E-state index is 4.29. The first kappa shape index (κ1) is 9.71. The summed E-state index contributed by atoms with van der Waals surface area (Å²) >= 11 is 0. The van der Waals surface area contributed by atoms with Crippen molar-refractivity contribution >= 4 is 0 Å². The highest BCUT2D eigenvalue weighted by Crippen LogP contribution is 2.18. The van der Waals surface area contributed by atoms with Gasteiger partial charge in [0.05, 0.1) is 6.20 Å². The van der Waals surface area contributed by atoms with E-state index < -0.39 is 0 Å². The maximum Gasteiger partial charge on any atom is 0.0518 e. The molecule has 1 saturated carbocycles. The third kappa shape index (κ3) is 2.84. The van der Waals surface area contributed by atoms with Crippen molar-refractivity contribution < 1.29 is 0 Å². The van der Waals surface area contributed by atoms with Crippen LogP contribution in [0.15, 0.2) is 12.4 Å². The van der Waals surface area contributed by atoms with Gasteiger partial charge in [-0.05, 0) is 37.8 Å². The SMILES string of the molecule is Cc1cnn(CC(C)CNC2CC2)c1. The summed E-state index contributed by atoms with van der Waals surface area (Å²) in [5, 5.41) is 7.83. The van der Waals surface area contributed by atoms with Gasteiger partial charge in [0.2, 0.25) is 0 Å². The highest BCUT2D eigenvalue weighted by atomic mass is 15.3. The summed E-state index contributed by atoms with van der Waals surface area (Å²) in [6, 6.07) is 0.816. The van der Waals surface area contributed by atoms with Crippen LogP contribution < -0.4 is 5.32 Å². The highest BCUT2D eigenvalue weighted by molar-refractivity contribution is 4.99. The minimum atomic E-state index is 0.662. The predicted molar refractivity (Wildman–Crippen MR) is 57.2 cm³/mol. The first-order valence-corrected chi connectivity index (χ1v) is 5.46. The summed E-state index contributed by atoms with van der Waals surface area (Å²) < 4.78 is 2.04. The second-order valence-electron chi connectivity index (χ2n) is 4.53. The lowest BCUT2D eigenvalue weighted by molar-refractivity contribution is 0.421. The van der Waals surface area contributed by atoms with Crippen molar-refractivity contribution in [2.45, 2.75) is 39.3 Å². The van der Waals surface area contributed by atoms with Crippen molar-refractivity contribution in [1.82, 2.24) is 15.1 Å². The number of rotatable bonds is 5. The molecular weight excluding hydrogens is 174 g/mol. The molecule has 1 aromatic rings. The Morgan fingerprint density at radius 2 is 2.43 bits per heavy atom. The Kier molecular flexibility index (Phi) is 2.87. The molecule has 0 bridgehead atoms. The zero-order chi connectivity index (χ0) is 9.97. The van der Waals surface area contributed by atoms with E-state index in [2.05, 4.69) is 30.5 Å². The molecule has 78 valence electrons. The van der Waals surface area contributed by atoms with E-state index in [9.17, 15) is 0 Å². The Labute approximate surface area is 85.5 Å². The molecule has 1 aliphatic rings. The van der Waals surface area contributed by atoms with Crippen molar-refractivity contribution in [3.05, 3.63) is 18.0 Å². The van der Waals surface area contributed by atoms with Crippen molar-refractivity contribution in [1.29, 1.82) is 0 Å². The van der Waals surface area contributed by atoms with E-state index in [1.165, 1.54) is 18.4 Å². The first-order chi connectivity index (χ1) is 6.74. The van der Waals surface area contributed by atoms with Crippen molar-refractivity contribution in [2.24, 2.45) is 5.92 Å². The second-order valence-corrected chi connectivity index (χ2v) is 4.53. The Morgan fingerprint density at radius 3 is 3.00 bits per heavy atom. The van der Waals surface area contributed by atoms with Gasteiger partial charge in [-0.3, -0.25) is 4.68 Å². The second kappa shape index (κ2) is 4.13. The zero-order valence-electron chi connectivity index (χ0n) is 9.03. The van der Waals surface area contributed by atoms with Gasteiger partial charge in [0.1, 0.15) is 0 Å². The molecule has 0 amide bonds. The summed E-state index contributed by atoms with van der Waals surface area (Å²) in [4.78, 5) is 0. The van der Waals surface area contributed by atoms with E-state index in [0.717, 1.165) is 19.1 Å². The molecule has 14 heavy (non-hydrogen) atoms. The van der Waals surface area contributed by atoms with Crippen LogP contribution in [0.25, 0.3) is 0 Å². The Balaban J connectivity index is 1.72. The number of aromatic nitrogens is 2. The number of nitrogens with zero attached hydrogens (tertiary/aromatic N) is 2. The number of nitrogens with one attached hydrogen (secondary N) is 1. The minimum Gasteiger partial charge on any atom is -0.314 e. The highest BCUT2D eigenvalue weighted by Gasteiger charge is 2.20. The molecule has 1 unspecified atom stereocenters. The van der Waals surface area contributed by atoms with E-state index in [0.29, 0.717) is 5.92 Å². The molecule has 1 N–H and O–H groups in total. The molecule has 1 aromatic heterocycles. The lowest BCUT2D eigenvalue weighted by Crippen LogP contribution is -2.25. The molecular formula is C11H19N3. The molecule has 1 atom stereocenters. The van der Waals surface area contributed by atoms with Gasteiger partial charge in [0.25, 0.3) is 0 Å². The largest absolute Gasteiger partial charge is 0.314 e. The zero-order valence-corrected chi connectivity index (χ0v) is 9.03. The molecule has 0 aliphatic heterocycles. The molecule has 3 nitrogen and oxygen atoms in total. The quantitative estimate of drug-likeness (QED) is 0.769. The number of aryl methyl sites for hydroxylation is 1. The summed E-state index contributed by atoms with van der Waals surface area (Å²) in [6.45, 7) is 6.49. The molecule has 1 aliphatic carbocycles. The van der Waals surface area contributed by atoms with Crippen molar-refractivity contribution in [3.63, 3.8) is 0 Å². The van der Waals surface area contributed by atoms with Crippen LogP contribution in [0.2, 0.25) is 0 Å². The van der Waals surface area contributed by atoms with Gasteiger partial charge in [-0.15, -0.1) is 0 Å². The van der Waals surface area contributed by atoms with Crippen molar-refractivity contribution in [3.8, 4) is 0 Å². The fourth-order valence-corrected chi connectivity index (χ4v) is 1.61. The lowest BCUT2D eigenvalue weighted by atomic mass is 10.2. The average molecular weight is 193 g/mol. The van der Waals surface area contributed by atoms with E-state index in [-0.39, 0.29) is 0 Å². The van der Waals surface area contributed by atoms with E-state index in [1.54, 1.807) is 0 Å². The van der Waals surface area contributed by atoms with Crippen LogP contribution in [0.4, 0.5) is 0 Å². The normalized spacial score (nSPS) is 18.4. The Morgan fingerprint density at radius 1 is 1.64 bits per heavy atom. The molecule has 0 saturated heterocycles. The lowest BCUT2D eigenvalue weighted by Gasteiger charge is -2.11. The summed E-state index contributed by atoms with van der Waals surface area (Å²) in [7, 11) is 0. The van der Waals surface area contributed by atoms with Crippen LogP contribution in [-0.4, -0.2) is 22.4 Å². The van der Waals surface area contributed by atoms with Gasteiger partial charge in [0, 0.05) is 18.8 Å². The van der Waals surface area contributed by atoms with Gasteiger partial charge >= 0.3 is 0 Å². The van der Waals surface area contributed by atoms with Gasteiger partial charge < -0.3 is 5.32 Å². The Bertz CT molecular complexity index is 288. The van der Waals surface area contributed by atoms with Crippen molar-refractivity contribution in [2.75, 3.05) is 6.54 Å². The summed E-state index contributed by atoms with van der Waals surface area (Å²) in [5.74, 6) is 0.662. The van der Waals surface area contributed by atoms with Gasteiger partial charge in [0.15, 0.2) is 0 Å². The Hall–Kier alpha value is -0.830. The topological polar surface area (TPSA) is 29.9 Å². The first-order valence-electron chi connectivity index (χ1n) is 5.46. The van der Waals surface area contributed by atoms with Crippen LogP contribution in [-0.2, 0) is 6.54 Å². The average Bonchev–Trinajstić information content (AvgIpc) is 2.88.